The van der Waals surface area contributed by atoms with E-state index in [1.807, 2.05) is 24.3 Å². The summed E-state index contributed by atoms with van der Waals surface area (Å²) in [6, 6.07) is 13.8. The molecule has 1 aliphatic heterocycles. The highest BCUT2D eigenvalue weighted by molar-refractivity contribution is 7.89. The van der Waals surface area contributed by atoms with Crippen molar-refractivity contribution in [2.24, 2.45) is 0 Å². The molecule has 1 heterocycles. The Morgan fingerprint density at radius 3 is 2.08 bits per heavy atom. The lowest BCUT2D eigenvalue weighted by atomic mass is 10.2. The molecule has 0 atom stereocenters. The van der Waals surface area contributed by atoms with E-state index in [0.29, 0.717) is 36.9 Å². The number of hydrogen-bond donors (Lipinski definition) is 1. The molecule has 2 aromatic carbocycles. The Morgan fingerprint density at radius 2 is 1.54 bits per heavy atom. The maximum absolute atomic E-state index is 12.8. The van der Waals surface area contributed by atoms with E-state index in [1.54, 1.807) is 12.1 Å². The fourth-order valence-electron chi connectivity index (χ4n) is 2.90. The minimum absolute atomic E-state index is 0.195. The third-order valence-electron chi connectivity index (χ3n) is 4.24. The molecule has 1 aliphatic rings. The summed E-state index contributed by atoms with van der Waals surface area (Å²) >= 11 is 5.91. The van der Waals surface area contributed by atoms with Crippen molar-refractivity contribution in [2.45, 2.75) is 11.8 Å². The van der Waals surface area contributed by atoms with E-state index in [9.17, 15) is 13.2 Å². The van der Waals surface area contributed by atoms with Gasteiger partial charge in [-0.25, -0.2) is 8.42 Å². The van der Waals surface area contributed by atoms with Gasteiger partial charge in [-0.15, -0.1) is 0 Å². The van der Waals surface area contributed by atoms with Crippen molar-refractivity contribution < 1.29 is 13.2 Å². The van der Waals surface area contributed by atoms with Crippen LogP contribution in [-0.2, 0) is 14.8 Å². The molecule has 0 saturated carbocycles. The molecule has 0 bridgehead atoms. The Kier molecular flexibility index (Phi) is 5.50. The number of piperazine rings is 1. The molecule has 1 N–H and O–H groups in total. The lowest BCUT2D eigenvalue weighted by Gasteiger charge is -2.35. The predicted octanol–water partition coefficient (Wildman–Crippen LogP) is 2.81. The summed E-state index contributed by atoms with van der Waals surface area (Å²) in [4.78, 5) is 13.4. The van der Waals surface area contributed by atoms with E-state index >= 15 is 0 Å². The van der Waals surface area contributed by atoms with E-state index in [4.69, 9.17) is 11.6 Å². The quantitative estimate of drug-likeness (QED) is 0.867. The highest BCUT2D eigenvalue weighted by atomic mass is 35.5. The van der Waals surface area contributed by atoms with Gasteiger partial charge in [-0.1, -0.05) is 11.6 Å². The van der Waals surface area contributed by atoms with Gasteiger partial charge in [0.15, 0.2) is 0 Å². The van der Waals surface area contributed by atoms with E-state index in [-0.39, 0.29) is 10.8 Å². The molecule has 0 radical (unpaired) electrons. The molecule has 0 aliphatic carbocycles. The maximum atomic E-state index is 12.8. The van der Waals surface area contributed by atoms with Crippen LogP contribution in [0.25, 0.3) is 0 Å². The van der Waals surface area contributed by atoms with Gasteiger partial charge in [-0.05, 0) is 48.5 Å². The van der Waals surface area contributed by atoms with E-state index in [2.05, 4.69) is 10.2 Å². The number of benzene rings is 2. The van der Waals surface area contributed by atoms with Gasteiger partial charge >= 0.3 is 0 Å². The van der Waals surface area contributed by atoms with Crippen molar-refractivity contribution in [3.8, 4) is 0 Å². The van der Waals surface area contributed by atoms with Gasteiger partial charge < -0.3 is 10.2 Å². The third kappa shape index (κ3) is 4.17. The zero-order valence-electron chi connectivity index (χ0n) is 14.4. The molecule has 0 aromatic heterocycles. The number of rotatable bonds is 4. The Hall–Kier alpha value is -2.09. The molecule has 1 saturated heterocycles. The first-order valence-corrected chi connectivity index (χ1v) is 10.1. The summed E-state index contributed by atoms with van der Waals surface area (Å²) in [6.45, 7) is 3.47. The summed E-state index contributed by atoms with van der Waals surface area (Å²) in [6.07, 6.45) is 0. The summed E-state index contributed by atoms with van der Waals surface area (Å²) in [5.41, 5.74) is 1.61. The number of amides is 1. The molecule has 1 amide bonds. The second-order valence-electron chi connectivity index (χ2n) is 6.07. The van der Waals surface area contributed by atoms with E-state index in [0.717, 1.165) is 5.69 Å². The molecular weight excluding hydrogens is 374 g/mol. The monoisotopic (exact) mass is 393 g/mol. The summed E-state index contributed by atoms with van der Waals surface area (Å²) in [7, 11) is -3.55. The Morgan fingerprint density at radius 1 is 0.962 bits per heavy atom. The standard InChI is InChI=1S/C18H20ClN3O3S/c1-14(23)20-16-4-8-18(9-5-16)26(24,25)22-12-10-21(11-13-22)17-6-2-15(19)3-7-17/h2-9H,10-13H2,1H3,(H,20,23). The van der Waals surface area contributed by atoms with Crippen LogP contribution in [0.15, 0.2) is 53.4 Å². The number of halogens is 1. The first kappa shape index (κ1) is 18.7. The van der Waals surface area contributed by atoms with Gasteiger partial charge in [0.1, 0.15) is 0 Å². The number of nitrogens with zero attached hydrogens (tertiary/aromatic N) is 2. The summed E-state index contributed by atoms with van der Waals surface area (Å²) < 4.78 is 27.1. The molecule has 3 rings (SSSR count). The third-order valence-corrected chi connectivity index (χ3v) is 6.41. The minimum Gasteiger partial charge on any atom is -0.369 e. The van der Waals surface area contributed by atoms with Crippen molar-refractivity contribution in [3.05, 3.63) is 53.6 Å². The van der Waals surface area contributed by atoms with Crippen molar-refractivity contribution in [2.75, 3.05) is 36.4 Å². The van der Waals surface area contributed by atoms with Crippen molar-refractivity contribution in [1.82, 2.24) is 4.31 Å². The van der Waals surface area contributed by atoms with Gasteiger partial charge in [-0.3, -0.25) is 4.79 Å². The Labute approximate surface area is 158 Å². The van der Waals surface area contributed by atoms with Crippen LogP contribution in [-0.4, -0.2) is 44.8 Å². The van der Waals surface area contributed by atoms with Crippen LogP contribution in [0, 0.1) is 0 Å². The van der Waals surface area contributed by atoms with E-state index < -0.39 is 10.0 Å². The highest BCUT2D eigenvalue weighted by Gasteiger charge is 2.28. The fraction of sp³-hybridized carbons (Fsp3) is 0.278. The number of carbonyl (C=O) groups excluding carboxylic acids is 1. The van der Waals surface area contributed by atoms with Crippen LogP contribution in [0.2, 0.25) is 5.02 Å². The number of carbonyl (C=O) groups is 1. The smallest absolute Gasteiger partial charge is 0.243 e. The zero-order chi connectivity index (χ0) is 18.7. The Balaban J connectivity index is 1.67. The molecule has 26 heavy (non-hydrogen) atoms. The van der Waals surface area contributed by atoms with Crippen LogP contribution >= 0.6 is 11.6 Å². The molecule has 1 fully saturated rings. The van der Waals surface area contributed by atoms with Crippen LogP contribution in [0.1, 0.15) is 6.92 Å². The number of anilines is 2. The summed E-state index contributed by atoms with van der Waals surface area (Å²) in [5, 5.41) is 3.31. The van der Waals surface area contributed by atoms with Crippen LogP contribution < -0.4 is 10.2 Å². The first-order chi connectivity index (χ1) is 12.4. The van der Waals surface area contributed by atoms with Crippen molar-refractivity contribution >= 4 is 38.9 Å². The molecule has 2 aromatic rings. The first-order valence-electron chi connectivity index (χ1n) is 8.24. The summed E-state index contributed by atoms with van der Waals surface area (Å²) in [5.74, 6) is -0.195. The second kappa shape index (κ2) is 7.65. The second-order valence-corrected chi connectivity index (χ2v) is 8.45. The SMILES string of the molecule is CC(=O)Nc1ccc(S(=O)(=O)N2CCN(c3ccc(Cl)cc3)CC2)cc1. The Bertz CT molecular complexity index is 875. The number of nitrogens with one attached hydrogen (secondary N) is 1. The lowest BCUT2D eigenvalue weighted by Crippen LogP contribution is -2.48. The molecule has 0 spiro atoms. The highest BCUT2D eigenvalue weighted by Crippen LogP contribution is 2.23. The largest absolute Gasteiger partial charge is 0.369 e. The number of hydrogen-bond acceptors (Lipinski definition) is 4. The van der Waals surface area contributed by atoms with E-state index in [1.165, 1.54) is 23.4 Å². The number of sulfonamides is 1. The van der Waals surface area contributed by atoms with Crippen LogP contribution in [0.3, 0.4) is 0 Å². The van der Waals surface area contributed by atoms with Gasteiger partial charge in [0, 0.05) is 49.5 Å². The average molecular weight is 394 g/mol. The minimum atomic E-state index is -3.55. The molecule has 6 nitrogen and oxygen atoms in total. The molecular formula is C18H20ClN3O3S. The van der Waals surface area contributed by atoms with Crippen LogP contribution in [0.4, 0.5) is 11.4 Å². The van der Waals surface area contributed by atoms with Crippen molar-refractivity contribution in [3.63, 3.8) is 0 Å². The van der Waals surface area contributed by atoms with Gasteiger partial charge in [0.25, 0.3) is 0 Å². The van der Waals surface area contributed by atoms with Gasteiger partial charge in [0.2, 0.25) is 15.9 Å². The zero-order valence-corrected chi connectivity index (χ0v) is 15.9. The molecule has 0 unspecified atom stereocenters. The average Bonchev–Trinajstić information content (AvgIpc) is 2.62. The van der Waals surface area contributed by atoms with Gasteiger partial charge in [0.05, 0.1) is 4.90 Å². The molecule has 138 valence electrons. The normalized spacial score (nSPS) is 15.7. The van der Waals surface area contributed by atoms with Crippen LogP contribution in [0.5, 0.6) is 0 Å². The van der Waals surface area contributed by atoms with Crippen molar-refractivity contribution in [1.29, 1.82) is 0 Å². The topological polar surface area (TPSA) is 69.7 Å². The fourth-order valence-corrected chi connectivity index (χ4v) is 4.45. The lowest BCUT2D eigenvalue weighted by molar-refractivity contribution is -0.114. The predicted molar refractivity (Wildman–Crippen MR) is 103 cm³/mol. The molecule has 8 heteroatoms. The van der Waals surface area contributed by atoms with Gasteiger partial charge in [-0.2, -0.15) is 4.31 Å². The maximum Gasteiger partial charge on any atom is 0.243 e.